The second-order valence-electron chi connectivity index (χ2n) is 3.19. The molecule has 0 amide bonds. The van der Waals surface area contributed by atoms with Crippen molar-refractivity contribution in [3.8, 4) is 0 Å². The highest BCUT2D eigenvalue weighted by molar-refractivity contribution is 7.08. The van der Waals surface area contributed by atoms with Crippen LogP contribution in [0.2, 0.25) is 0 Å². The summed E-state index contributed by atoms with van der Waals surface area (Å²) in [6, 6.07) is 12.0. The molecule has 0 radical (unpaired) electrons. The fourth-order valence-corrected chi connectivity index (χ4v) is 1.90. The number of nitrogens with zero attached hydrogens (tertiary/aromatic N) is 1. The first-order valence-corrected chi connectivity index (χ1v) is 5.68. The lowest BCUT2D eigenvalue weighted by Gasteiger charge is -2.01. The quantitative estimate of drug-likeness (QED) is 0.615. The van der Waals surface area contributed by atoms with Gasteiger partial charge in [-0.1, -0.05) is 18.2 Å². The standard InChI is InChI=1S/C12H12N2S/c1-10(11-7-8-15-9-11)13-14-12-5-3-2-4-6-12/h2-9,14H,1H3/b13-10-. The van der Waals surface area contributed by atoms with Crippen LogP contribution in [-0.4, -0.2) is 5.71 Å². The highest BCUT2D eigenvalue weighted by Crippen LogP contribution is 2.09. The molecule has 0 aliphatic heterocycles. The number of benzene rings is 1. The Morgan fingerprint density at radius 3 is 2.67 bits per heavy atom. The van der Waals surface area contributed by atoms with Crippen LogP contribution in [0.1, 0.15) is 12.5 Å². The molecule has 76 valence electrons. The normalized spacial score (nSPS) is 11.4. The van der Waals surface area contributed by atoms with Gasteiger partial charge in [-0.05, 0) is 35.9 Å². The van der Waals surface area contributed by atoms with E-state index in [4.69, 9.17) is 0 Å². The van der Waals surface area contributed by atoms with E-state index in [0.717, 1.165) is 11.4 Å². The molecular weight excluding hydrogens is 204 g/mol. The Morgan fingerprint density at radius 2 is 2.00 bits per heavy atom. The van der Waals surface area contributed by atoms with Crippen LogP contribution >= 0.6 is 11.3 Å². The molecule has 1 aromatic carbocycles. The molecule has 0 saturated carbocycles. The predicted molar refractivity (Wildman–Crippen MR) is 66.6 cm³/mol. The van der Waals surface area contributed by atoms with Crippen LogP contribution in [0.4, 0.5) is 5.69 Å². The number of hydrazone groups is 1. The molecular formula is C12H12N2S. The van der Waals surface area contributed by atoms with Crippen molar-refractivity contribution in [2.75, 3.05) is 5.43 Å². The molecule has 2 nitrogen and oxygen atoms in total. The molecule has 1 heterocycles. The van der Waals surface area contributed by atoms with E-state index in [0.29, 0.717) is 0 Å². The van der Waals surface area contributed by atoms with Crippen molar-refractivity contribution in [3.63, 3.8) is 0 Å². The number of anilines is 1. The predicted octanol–water partition coefficient (Wildman–Crippen LogP) is 3.58. The molecule has 0 saturated heterocycles. The number of para-hydroxylation sites is 1. The van der Waals surface area contributed by atoms with Crippen molar-refractivity contribution in [2.24, 2.45) is 5.10 Å². The molecule has 0 atom stereocenters. The van der Waals surface area contributed by atoms with E-state index in [-0.39, 0.29) is 0 Å². The van der Waals surface area contributed by atoms with Crippen molar-refractivity contribution >= 4 is 22.7 Å². The summed E-state index contributed by atoms with van der Waals surface area (Å²) in [5, 5.41) is 8.45. The minimum atomic E-state index is 1.00. The summed E-state index contributed by atoms with van der Waals surface area (Å²) in [6.07, 6.45) is 0. The van der Waals surface area contributed by atoms with Crippen molar-refractivity contribution in [2.45, 2.75) is 6.92 Å². The number of rotatable bonds is 3. The van der Waals surface area contributed by atoms with Crippen LogP contribution < -0.4 is 5.43 Å². The molecule has 0 unspecified atom stereocenters. The zero-order valence-electron chi connectivity index (χ0n) is 8.47. The van der Waals surface area contributed by atoms with Gasteiger partial charge in [-0.15, -0.1) is 0 Å². The minimum absolute atomic E-state index is 1.00. The molecule has 0 fully saturated rings. The molecule has 2 rings (SSSR count). The summed E-state index contributed by atoms with van der Waals surface area (Å²) in [5.74, 6) is 0. The highest BCUT2D eigenvalue weighted by atomic mass is 32.1. The van der Waals surface area contributed by atoms with Gasteiger partial charge in [-0.3, -0.25) is 5.43 Å². The Balaban J connectivity index is 2.06. The third-order valence-corrected chi connectivity index (χ3v) is 2.75. The largest absolute Gasteiger partial charge is 0.278 e. The summed E-state index contributed by atoms with van der Waals surface area (Å²) < 4.78 is 0. The summed E-state index contributed by atoms with van der Waals surface area (Å²) in [6.45, 7) is 2.00. The number of hydrogen-bond acceptors (Lipinski definition) is 3. The van der Waals surface area contributed by atoms with Crippen LogP contribution in [-0.2, 0) is 0 Å². The van der Waals surface area contributed by atoms with Gasteiger partial charge in [0.2, 0.25) is 0 Å². The van der Waals surface area contributed by atoms with Gasteiger partial charge in [-0.25, -0.2) is 0 Å². The minimum Gasteiger partial charge on any atom is -0.278 e. The maximum absolute atomic E-state index is 4.31. The lowest BCUT2D eigenvalue weighted by atomic mass is 10.2. The van der Waals surface area contributed by atoms with Crippen LogP contribution in [0.15, 0.2) is 52.3 Å². The smallest absolute Gasteiger partial charge is 0.0656 e. The van der Waals surface area contributed by atoms with E-state index in [9.17, 15) is 0 Å². The second-order valence-corrected chi connectivity index (χ2v) is 3.97. The van der Waals surface area contributed by atoms with E-state index in [1.807, 2.05) is 37.3 Å². The van der Waals surface area contributed by atoms with Crippen LogP contribution in [0.5, 0.6) is 0 Å². The van der Waals surface area contributed by atoms with Gasteiger partial charge in [0.15, 0.2) is 0 Å². The fraction of sp³-hybridized carbons (Fsp3) is 0.0833. The van der Waals surface area contributed by atoms with Crippen LogP contribution in [0, 0.1) is 0 Å². The molecule has 2 aromatic rings. The summed E-state index contributed by atoms with van der Waals surface area (Å²) >= 11 is 1.68. The third-order valence-electron chi connectivity index (χ3n) is 2.07. The van der Waals surface area contributed by atoms with Gasteiger partial charge in [0, 0.05) is 5.56 Å². The summed E-state index contributed by atoms with van der Waals surface area (Å²) in [5.41, 5.74) is 6.20. The van der Waals surface area contributed by atoms with E-state index in [1.54, 1.807) is 11.3 Å². The monoisotopic (exact) mass is 216 g/mol. The van der Waals surface area contributed by atoms with Crippen molar-refractivity contribution in [1.82, 2.24) is 0 Å². The van der Waals surface area contributed by atoms with E-state index < -0.39 is 0 Å². The van der Waals surface area contributed by atoms with E-state index in [1.165, 1.54) is 5.56 Å². The van der Waals surface area contributed by atoms with Crippen molar-refractivity contribution in [1.29, 1.82) is 0 Å². The van der Waals surface area contributed by atoms with E-state index in [2.05, 4.69) is 27.4 Å². The van der Waals surface area contributed by atoms with E-state index >= 15 is 0 Å². The van der Waals surface area contributed by atoms with Gasteiger partial charge in [0.25, 0.3) is 0 Å². The first-order chi connectivity index (χ1) is 7.36. The maximum Gasteiger partial charge on any atom is 0.0656 e. The third kappa shape index (κ3) is 2.67. The Bertz CT molecular complexity index is 432. The first kappa shape index (κ1) is 9.93. The van der Waals surface area contributed by atoms with Gasteiger partial charge in [0.05, 0.1) is 11.4 Å². The molecule has 0 spiro atoms. The molecule has 1 N–H and O–H groups in total. The molecule has 0 aliphatic rings. The average Bonchev–Trinajstić information content (AvgIpc) is 2.81. The molecule has 0 aliphatic carbocycles. The van der Waals surface area contributed by atoms with Gasteiger partial charge >= 0.3 is 0 Å². The van der Waals surface area contributed by atoms with Crippen LogP contribution in [0.3, 0.4) is 0 Å². The van der Waals surface area contributed by atoms with Gasteiger partial charge < -0.3 is 0 Å². The SMILES string of the molecule is C/C(=N/Nc1ccccc1)c1ccsc1. The lowest BCUT2D eigenvalue weighted by Crippen LogP contribution is -1.97. The fourth-order valence-electron chi connectivity index (χ4n) is 1.20. The Hall–Kier alpha value is -1.61. The number of nitrogens with one attached hydrogen (secondary N) is 1. The Kier molecular flexibility index (Phi) is 3.15. The van der Waals surface area contributed by atoms with Crippen molar-refractivity contribution in [3.05, 3.63) is 52.7 Å². The Morgan fingerprint density at radius 1 is 1.20 bits per heavy atom. The summed E-state index contributed by atoms with van der Waals surface area (Å²) in [7, 11) is 0. The average molecular weight is 216 g/mol. The molecule has 15 heavy (non-hydrogen) atoms. The zero-order valence-corrected chi connectivity index (χ0v) is 9.29. The second kappa shape index (κ2) is 4.75. The molecule has 0 bridgehead atoms. The topological polar surface area (TPSA) is 24.4 Å². The summed E-state index contributed by atoms with van der Waals surface area (Å²) in [4.78, 5) is 0. The highest BCUT2D eigenvalue weighted by Gasteiger charge is 1.96. The lowest BCUT2D eigenvalue weighted by molar-refractivity contribution is 1.32. The zero-order chi connectivity index (χ0) is 10.5. The first-order valence-electron chi connectivity index (χ1n) is 4.74. The van der Waals surface area contributed by atoms with Crippen molar-refractivity contribution < 1.29 is 0 Å². The van der Waals surface area contributed by atoms with Gasteiger partial charge in [0.1, 0.15) is 0 Å². The number of thiophene rings is 1. The van der Waals surface area contributed by atoms with Crippen LogP contribution in [0.25, 0.3) is 0 Å². The molecule has 3 heteroatoms. The number of hydrogen-bond donors (Lipinski definition) is 1. The van der Waals surface area contributed by atoms with Gasteiger partial charge in [-0.2, -0.15) is 16.4 Å². The maximum atomic E-state index is 4.31. The Labute approximate surface area is 93.3 Å². The molecule has 1 aromatic heterocycles.